The number of nitro groups is 1. The fourth-order valence-corrected chi connectivity index (χ4v) is 4.22. The third kappa shape index (κ3) is 5.33. The number of anilines is 1. The molecule has 31 heavy (non-hydrogen) atoms. The second kappa shape index (κ2) is 9.07. The van der Waals surface area contributed by atoms with Crippen LogP contribution in [0.2, 0.25) is 0 Å². The average molecular weight is 439 g/mol. The lowest BCUT2D eigenvalue weighted by Gasteiger charge is -2.12. The van der Waals surface area contributed by atoms with E-state index in [4.69, 9.17) is 0 Å². The van der Waals surface area contributed by atoms with Gasteiger partial charge in [0.15, 0.2) is 0 Å². The van der Waals surface area contributed by atoms with Crippen LogP contribution in [0.5, 0.6) is 0 Å². The Labute approximate surface area is 180 Å². The number of non-ortho nitro benzene ring substituents is 1. The number of benzene rings is 3. The molecule has 0 saturated carbocycles. The molecule has 0 aromatic heterocycles. The fraction of sp³-hybridized carbons (Fsp3) is 0.136. The van der Waals surface area contributed by atoms with Crippen molar-refractivity contribution < 1.29 is 18.1 Å². The Morgan fingerprint density at radius 3 is 2.32 bits per heavy atom. The Morgan fingerprint density at radius 2 is 1.65 bits per heavy atom. The molecule has 2 N–H and O–H groups in total. The van der Waals surface area contributed by atoms with Crippen LogP contribution in [0.15, 0.2) is 71.6 Å². The quantitative estimate of drug-likeness (QED) is 0.427. The molecule has 3 aromatic rings. The van der Waals surface area contributed by atoms with Gasteiger partial charge in [0.1, 0.15) is 0 Å². The van der Waals surface area contributed by atoms with Gasteiger partial charge in [-0.3, -0.25) is 14.9 Å². The highest BCUT2D eigenvalue weighted by Crippen LogP contribution is 2.23. The summed E-state index contributed by atoms with van der Waals surface area (Å²) in [5.74, 6) is -0.567. The minimum atomic E-state index is -3.86. The number of nitrogens with zero attached hydrogens (tertiary/aromatic N) is 1. The van der Waals surface area contributed by atoms with E-state index in [1.165, 1.54) is 30.3 Å². The molecule has 3 aromatic carbocycles. The van der Waals surface area contributed by atoms with Crippen molar-refractivity contribution in [1.82, 2.24) is 4.72 Å². The van der Waals surface area contributed by atoms with Crippen molar-refractivity contribution in [3.05, 3.63) is 99.1 Å². The third-order valence-corrected chi connectivity index (χ3v) is 6.27. The molecule has 160 valence electrons. The van der Waals surface area contributed by atoms with E-state index in [-0.39, 0.29) is 28.4 Å². The van der Waals surface area contributed by atoms with Crippen molar-refractivity contribution in [1.29, 1.82) is 0 Å². The van der Waals surface area contributed by atoms with E-state index in [2.05, 4.69) is 10.0 Å². The standard InChI is InChI=1S/C22H21N3O5S/c1-15-9-11-19(25(27)28)13-20(15)24-22(26)18-10-8-16(2)21(12-18)31(29,30)23-14-17-6-4-3-5-7-17/h3-13,23H,14H2,1-2H3,(H,24,26). The number of carbonyl (C=O) groups is 1. The number of rotatable bonds is 7. The lowest BCUT2D eigenvalue weighted by atomic mass is 10.1. The van der Waals surface area contributed by atoms with Gasteiger partial charge < -0.3 is 5.32 Å². The summed E-state index contributed by atoms with van der Waals surface area (Å²) >= 11 is 0. The van der Waals surface area contributed by atoms with Crippen LogP contribution >= 0.6 is 0 Å². The van der Waals surface area contributed by atoms with Crippen LogP contribution < -0.4 is 10.0 Å². The van der Waals surface area contributed by atoms with E-state index >= 15 is 0 Å². The van der Waals surface area contributed by atoms with Gasteiger partial charge in [-0.15, -0.1) is 0 Å². The third-order valence-electron chi connectivity index (χ3n) is 4.73. The second-order valence-electron chi connectivity index (χ2n) is 7.00. The van der Waals surface area contributed by atoms with Gasteiger partial charge in [0.25, 0.3) is 11.6 Å². The highest BCUT2D eigenvalue weighted by atomic mass is 32.2. The molecular weight excluding hydrogens is 418 g/mol. The van der Waals surface area contributed by atoms with Crippen LogP contribution in [0, 0.1) is 24.0 Å². The first-order valence-corrected chi connectivity index (χ1v) is 10.9. The van der Waals surface area contributed by atoms with Crippen LogP contribution in [0.25, 0.3) is 0 Å². The summed E-state index contributed by atoms with van der Waals surface area (Å²) in [6, 6.07) is 17.6. The first-order chi connectivity index (χ1) is 14.7. The second-order valence-corrected chi connectivity index (χ2v) is 8.74. The monoisotopic (exact) mass is 439 g/mol. The van der Waals surface area contributed by atoms with Gasteiger partial charge in [-0.25, -0.2) is 13.1 Å². The molecule has 0 aliphatic carbocycles. The van der Waals surface area contributed by atoms with E-state index in [1.807, 2.05) is 18.2 Å². The minimum absolute atomic E-state index is 0.00755. The number of hydrogen-bond acceptors (Lipinski definition) is 5. The smallest absolute Gasteiger partial charge is 0.271 e. The van der Waals surface area contributed by atoms with Crippen molar-refractivity contribution in [2.24, 2.45) is 0 Å². The molecule has 8 nitrogen and oxygen atoms in total. The lowest BCUT2D eigenvalue weighted by molar-refractivity contribution is -0.384. The first kappa shape index (κ1) is 22.1. The number of carbonyl (C=O) groups excluding carboxylic acids is 1. The number of nitro benzene ring substituents is 1. The minimum Gasteiger partial charge on any atom is -0.321 e. The summed E-state index contributed by atoms with van der Waals surface area (Å²) < 4.78 is 28.2. The van der Waals surface area contributed by atoms with E-state index in [1.54, 1.807) is 32.0 Å². The highest BCUT2D eigenvalue weighted by Gasteiger charge is 2.20. The molecule has 0 heterocycles. The van der Waals surface area contributed by atoms with Crippen molar-refractivity contribution >= 4 is 27.3 Å². The Hall–Kier alpha value is -3.56. The Bertz CT molecular complexity index is 1240. The van der Waals surface area contributed by atoms with E-state index in [0.717, 1.165) is 5.56 Å². The van der Waals surface area contributed by atoms with E-state index in [9.17, 15) is 23.3 Å². The summed E-state index contributed by atoms with van der Waals surface area (Å²) in [6.45, 7) is 3.47. The largest absolute Gasteiger partial charge is 0.321 e. The van der Waals surface area contributed by atoms with Gasteiger partial charge in [-0.2, -0.15) is 0 Å². The summed E-state index contributed by atoms with van der Waals surface area (Å²) in [4.78, 5) is 23.2. The maximum atomic E-state index is 12.8. The first-order valence-electron chi connectivity index (χ1n) is 9.38. The molecule has 0 spiro atoms. The van der Waals surface area contributed by atoms with Crippen LogP contribution in [0.4, 0.5) is 11.4 Å². The van der Waals surface area contributed by atoms with Gasteiger partial charge >= 0.3 is 0 Å². The van der Waals surface area contributed by atoms with Crippen LogP contribution in [0.3, 0.4) is 0 Å². The molecule has 9 heteroatoms. The molecular formula is C22H21N3O5S. The van der Waals surface area contributed by atoms with Gasteiger partial charge in [0, 0.05) is 24.2 Å². The SMILES string of the molecule is Cc1ccc([N+](=O)[O-])cc1NC(=O)c1ccc(C)c(S(=O)(=O)NCc2ccccc2)c1. The van der Waals surface area contributed by atoms with Gasteiger partial charge in [-0.1, -0.05) is 42.5 Å². The van der Waals surface area contributed by atoms with Gasteiger partial charge in [0.2, 0.25) is 10.0 Å². The molecule has 3 rings (SSSR count). The van der Waals surface area contributed by atoms with E-state index < -0.39 is 20.9 Å². The zero-order chi connectivity index (χ0) is 22.6. The molecule has 0 radical (unpaired) electrons. The molecule has 1 amide bonds. The predicted octanol–water partition coefficient (Wildman–Crippen LogP) is 3.94. The molecule has 0 unspecified atom stereocenters. The normalized spacial score (nSPS) is 11.2. The number of sulfonamides is 1. The fourth-order valence-electron chi connectivity index (χ4n) is 2.94. The molecule has 0 fully saturated rings. The molecule has 0 saturated heterocycles. The van der Waals surface area contributed by atoms with Crippen LogP contribution in [-0.2, 0) is 16.6 Å². The van der Waals surface area contributed by atoms with Crippen LogP contribution in [-0.4, -0.2) is 19.2 Å². The van der Waals surface area contributed by atoms with Crippen molar-refractivity contribution in [3.63, 3.8) is 0 Å². The molecule has 0 aliphatic heterocycles. The zero-order valence-electron chi connectivity index (χ0n) is 17.0. The molecule has 0 atom stereocenters. The van der Waals surface area contributed by atoms with Gasteiger partial charge in [0.05, 0.1) is 15.5 Å². The molecule has 0 bridgehead atoms. The Kier molecular flexibility index (Phi) is 6.47. The number of aryl methyl sites for hydroxylation is 2. The highest BCUT2D eigenvalue weighted by molar-refractivity contribution is 7.89. The summed E-state index contributed by atoms with van der Waals surface area (Å²) in [7, 11) is -3.86. The zero-order valence-corrected chi connectivity index (χ0v) is 17.8. The summed E-state index contributed by atoms with van der Waals surface area (Å²) in [5.41, 5.74) is 2.19. The van der Waals surface area contributed by atoms with Crippen molar-refractivity contribution in [3.8, 4) is 0 Å². The topological polar surface area (TPSA) is 118 Å². The number of hydrogen-bond donors (Lipinski definition) is 2. The predicted molar refractivity (Wildman–Crippen MR) is 117 cm³/mol. The van der Waals surface area contributed by atoms with Crippen LogP contribution in [0.1, 0.15) is 27.0 Å². The Morgan fingerprint density at radius 1 is 0.968 bits per heavy atom. The Balaban J connectivity index is 1.84. The molecule has 0 aliphatic rings. The van der Waals surface area contributed by atoms with Gasteiger partial charge in [-0.05, 0) is 42.7 Å². The maximum Gasteiger partial charge on any atom is 0.271 e. The maximum absolute atomic E-state index is 12.8. The number of amides is 1. The van der Waals surface area contributed by atoms with Crippen molar-refractivity contribution in [2.45, 2.75) is 25.3 Å². The van der Waals surface area contributed by atoms with E-state index in [0.29, 0.717) is 11.1 Å². The lowest BCUT2D eigenvalue weighted by Crippen LogP contribution is -2.24. The number of nitrogens with one attached hydrogen (secondary N) is 2. The average Bonchev–Trinajstić information content (AvgIpc) is 2.74. The summed E-state index contributed by atoms with van der Waals surface area (Å²) in [5, 5.41) is 13.6. The summed E-state index contributed by atoms with van der Waals surface area (Å²) in [6.07, 6.45) is 0. The van der Waals surface area contributed by atoms with Crippen molar-refractivity contribution in [2.75, 3.05) is 5.32 Å².